The normalized spacial score (nSPS) is 16.6. The molecule has 0 aliphatic carbocycles. The predicted octanol–water partition coefficient (Wildman–Crippen LogP) is 1.72. The summed E-state index contributed by atoms with van der Waals surface area (Å²) >= 11 is 12.1. The van der Waals surface area contributed by atoms with Crippen LogP contribution in [-0.2, 0) is 10.0 Å². The van der Waals surface area contributed by atoms with Crippen molar-refractivity contribution in [3.63, 3.8) is 0 Å². The van der Waals surface area contributed by atoms with Gasteiger partial charge in [-0.15, -0.1) is 0 Å². The molecule has 0 spiro atoms. The van der Waals surface area contributed by atoms with E-state index >= 15 is 0 Å². The molecule has 1 aromatic rings. The maximum Gasteiger partial charge on any atom is 0.259 e. The lowest BCUT2D eigenvalue weighted by atomic mass is 10.1. The molecule has 0 unspecified atom stereocenters. The highest BCUT2D eigenvalue weighted by molar-refractivity contribution is 7.88. The summed E-state index contributed by atoms with van der Waals surface area (Å²) in [5.74, 6) is -0.0952. The van der Waals surface area contributed by atoms with Gasteiger partial charge < -0.3 is 9.64 Å². The van der Waals surface area contributed by atoms with Crippen molar-refractivity contribution in [2.24, 2.45) is 0 Å². The van der Waals surface area contributed by atoms with Crippen LogP contribution in [0.5, 0.6) is 5.75 Å². The van der Waals surface area contributed by atoms with E-state index in [9.17, 15) is 13.2 Å². The summed E-state index contributed by atoms with van der Waals surface area (Å²) in [6, 6.07) is 3.09. The Hall–Kier alpha value is -1.02. The molecule has 22 heavy (non-hydrogen) atoms. The van der Waals surface area contributed by atoms with Crippen LogP contribution in [-0.4, -0.2) is 63.1 Å². The molecule has 1 fully saturated rings. The minimum atomic E-state index is -3.24. The largest absolute Gasteiger partial charge is 0.494 e. The number of piperazine rings is 1. The molecule has 0 N–H and O–H groups in total. The fourth-order valence-corrected chi connectivity index (χ4v) is 3.60. The van der Waals surface area contributed by atoms with Gasteiger partial charge in [-0.05, 0) is 12.1 Å². The average Bonchev–Trinajstić information content (AvgIpc) is 2.48. The van der Waals surface area contributed by atoms with Crippen molar-refractivity contribution in [3.8, 4) is 5.75 Å². The number of amides is 1. The monoisotopic (exact) mass is 366 g/mol. The van der Waals surface area contributed by atoms with E-state index in [4.69, 9.17) is 27.9 Å². The summed E-state index contributed by atoms with van der Waals surface area (Å²) in [7, 11) is -1.83. The van der Waals surface area contributed by atoms with Gasteiger partial charge in [0.15, 0.2) is 5.75 Å². The highest BCUT2D eigenvalue weighted by atomic mass is 35.5. The molecule has 1 aromatic carbocycles. The van der Waals surface area contributed by atoms with Crippen LogP contribution < -0.4 is 4.74 Å². The lowest BCUT2D eigenvalue weighted by Crippen LogP contribution is -2.50. The Labute approximate surface area is 139 Å². The molecular weight excluding hydrogens is 351 g/mol. The summed E-state index contributed by atoms with van der Waals surface area (Å²) in [5, 5.41) is 0.543. The number of benzene rings is 1. The number of nitrogens with zero attached hydrogens (tertiary/aromatic N) is 2. The second-order valence-corrected chi connectivity index (χ2v) is 7.69. The highest BCUT2D eigenvalue weighted by Gasteiger charge is 2.29. The van der Waals surface area contributed by atoms with Crippen LogP contribution in [0.15, 0.2) is 12.1 Å². The Morgan fingerprint density at radius 2 is 1.68 bits per heavy atom. The number of halogens is 2. The van der Waals surface area contributed by atoms with Gasteiger partial charge in [0.25, 0.3) is 5.91 Å². The summed E-state index contributed by atoms with van der Waals surface area (Å²) < 4.78 is 29.5. The summed E-state index contributed by atoms with van der Waals surface area (Å²) in [6.07, 6.45) is 1.15. The number of rotatable bonds is 3. The third-order valence-electron chi connectivity index (χ3n) is 3.47. The number of carbonyl (C=O) groups excluding carboxylic acids is 1. The van der Waals surface area contributed by atoms with E-state index in [2.05, 4.69) is 0 Å². The molecular formula is C13H16Cl2N2O4S. The van der Waals surface area contributed by atoms with E-state index in [0.29, 0.717) is 5.02 Å². The maximum absolute atomic E-state index is 12.6. The molecule has 1 heterocycles. The number of ether oxygens (including phenoxy) is 1. The van der Waals surface area contributed by atoms with Crippen molar-refractivity contribution in [1.82, 2.24) is 9.21 Å². The molecule has 1 aliphatic rings. The van der Waals surface area contributed by atoms with E-state index in [1.54, 1.807) is 11.0 Å². The van der Waals surface area contributed by atoms with E-state index in [1.165, 1.54) is 17.5 Å². The van der Waals surface area contributed by atoms with E-state index in [1.807, 2.05) is 0 Å². The molecule has 1 aliphatic heterocycles. The summed E-state index contributed by atoms with van der Waals surface area (Å²) in [5.41, 5.74) is 0.199. The molecule has 1 amide bonds. The molecule has 0 saturated carbocycles. The molecule has 2 rings (SSSR count). The van der Waals surface area contributed by atoms with Crippen molar-refractivity contribution in [2.45, 2.75) is 0 Å². The smallest absolute Gasteiger partial charge is 0.259 e. The lowest BCUT2D eigenvalue weighted by molar-refractivity contribution is 0.0695. The first-order valence-corrected chi connectivity index (χ1v) is 9.12. The second kappa shape index (κ2) is 6.62. The third-order valence-corrected chi connectivity index (χ3v) is 5.39. The van der Waals surface area contributed by atoms with Gasteiger partial charge in [0.05, 0.1) is 23.4 Å². The van der Waals surface area contributed by atoms with E-state index in [0.717, 1.165) is 6.26 Å². The summed E-state index contributed by atoms with van der Waals surface area (Å²) in [4.78, 5) is 14.2. The fourth-order valence-electron chi connectivity index (χ4n) is 2.31. The van der Waals surface area contributed by atoms with Gasteiger partial charge in [0.2, 0.25) is 10.0 Å². The topological polar surface area (TPSA) is 66.9 Å². The third kappa shape index (κ3) is 3.48. The Balaban J connectivity index is 2.23. The molecule has 0 radical (unpaired) electrons. The zero-order valence-corrected chi connectivity index (χ0v) is 14.5. The first-order chi connectivity index (χ1) is 10.3. The van der Waals surface area contributed by atoms with Gasteiger partial charge in [0.1, 0.15) is 5.56 Å². The number of carbonyl (C=O) groups is 1. The van der Waals surface area contributed by atoms with Crippen molar-refractivity contribution < 1.29 is 17.9 Å². The van der Waals surface area contributed by atoms with Crippen LogP contribution in [0.4, 0.5) is 0 Å². The Bertz CT molecular complexity index is 686. The van der Waals surface area contributed by atoms with Crippen LogP contribution in [0.1, 0.15) is 10.4 Å². The minimum absolute atomic E-state index is 0.199. The van der Waals surface area contributed by atoms with Gasteiger partial charge in [-0.1, -0.05) is 23.2 Å². The van der Waals surface area contributed by atoms with Gasteiger partial charge in [0, 0.05) is 26.2 Å². The minimum Gasteiger partial charge on any atom is -0.494 e. The van der Waals surface area contributed by atoms with Crippen molar-refractivity contribution in [3.05, 3.63) is 27.7 Å². The van der Waals surface area contributed by atoms with E-state index in [-0.39, 0.29) is 48.4 Å². The number of hydrogen-bond donors (Lipinski definition) is 0. The van der Waals surface area contributed by atoms with Crippen LogP contribution in [0, 0.1) is 0 Å². The predicted molar refractivity (Wildman–Crippen MR) is 85.3 cm³/mol. The lowest BCUT2D eigenvalue weighted by Gasteiger charge is -2.33. The number of methoxy groups -OCH3 is 1. The zero-order valence-electron chi connectivity index (χ0n) is 12.2. The van der Waals surface area contributed by atoms with Crippen molar-refractivity contribution >= 4 is 39.1 Å². The van der Waals surface area contributed by atoms with Crippen molar-refractivity contribution in [2.75, 3.05) is 39.5 Å². The molecule has 0 aromatic heterocycles. The molecule has 122 valence electrons. The van der Waals surface area contributed by atoms with Gasteiger partial charge in [-0.3, -0.25) is 4.79 Å². The summed E-state index contributed by atoms with van der Waals surface area (Å²) in [6.45, 7) is 1.09. The zero-order chi connectivity index (χ0) is 16.5. The van der Waals surface area contributed by atoms with Crippen LogP contribution >= 0.6 is 23.2 Å². The molecule has 9 heteroatoms. The molecule has 6 nitrogen and oxygen atoms in total. The Morgan fingerprint density at radius 3 is 2.18 bits per heavy atom. The van der Waals surface area contributed by atoms with Crippen LogP contribution in [0.2, 0.25) is 10.0 Å². The van der Waals surface area contributed by atoms with Crippen LogP contribution in [0.25, 0.3) is 0 Å². The highest BCUT2D eigenvalue weighted by Crippen LogP contribution is 2.34. The SMILES string of the molecule is COc1c(Cl)ccc(Cl)c1C(=O)N1CCN(S(C)(=O)=O)CC1. The Kier molecular flexibility index (Phi) is 5.21. The molecule has 0 atom stereocenters. The number of sulfonamides is 1. The number of hydrogen-bond acceptors (Lipinski definition) is 4. The Morgan fingerprint density at radius 1 is 1.14 bits per heavy atom. The maximum atomic E-state index is 12.6. The molecule has 1 saturated heterocycles. The molecule has 0 bridgehead atoms. The standard InChI is InChI=1S/C13H16Cl2N2O4S/c1-21-12-10(15)4-3-9(14)11(12)13(18)16-5-7-17(8-6-16)22(2,19)20/h3-4H,5-8H2,1-2H3. The quantitative estimate of drug-likeness (QED) is 0.816. The fraction of sp³-hybridized carbons (Fsp3) is 0.462. The van der Waals surface area contributed by atoms with Crippen molar-refractivity contribution in [1.29, 1.82) is 0 Å². The first kappa shape index (κ1) is 17.3. The van der Waals surface area contributed by atoms with Gasteiger partial charge in [-0.25, -0.2) is 8.42 Å². The first-order valence-electron chi connectivity index (χ1n) is 6.52. The average molecular weight is 367 g/mol. The van der Waals surface area contributed by atoms with E-state index < -0.39 is 10.0 Å². The second-order valence-electron chi connectivity index (χ2n) is 4.89. The van der Waals surface area contributed by atoms with Gasteiger partial charge >= 0.3 is 0 Å². The van der Waals surface area contributed by atoms with Gasteiger partial charge in [-0.2, -0.15) is 4.31 Å². The van der Waals surface area contributed by atoms with Crippen LogP contribution in [0.3, 0.4) is 0 Å².